The summed E-state index contributed by atoms with van der Waals surface area (Å²) >= 11 is 0. The van der Waals surface area contributed by atoms with Gasteiger partial charge in [0.05, 0.1) is 0 Å². The maximum Gasteiger partial charge on any atom is 0.356 e. The van der Waals surface area contributed by atoms with Gasteiger partial charge in [0.25, 0.3) is 0 Å². The lowest BCUT2D eigenvalue weighted by Crippen LogP contribution is -2.00. The number of para-hydroxylation sites is 1. The summed E-state index contributed by atoms with van der Waals surface area (Å²) in [6.45, 7) is 0. The predicted octanol–water partition coefficient (Wildman–Crippen LogP) is 1.61. The molecule has 1 heterocycles. The zero-order chi connectivity index (χ0) is 10.2. The van der Waals surface area contributed by atoms with E-state index in [0.29, 0.717) is 11.0 Å². The molecular formula is C8H6O5S. The quantitative estimate of drug-likeness (QED) is 0.607. The van der Waals surface area contributed by atoms with Crippen molar-refractivity contribution in [2.75, 3.05) is 0 Å². The van der Waals surface area contributed by atoms with Crippen molar-refractivity contribution in [2.45, 2.75) is 5.09 Å². The highest BCUT2D eigenvalue weighted by molar-refractivity contribution is 7.86. The van der Waals surface area contributed by atoms with Gasteiger partial charge in [-0.25, -0.2) is 5.26 Å². The van der Waals surface area contributed by atoms with Gasteiger partial charge in [0, 0.05) is 11.5 Å². The summed E-state index contributed by atoms with van der Waals surface area (Å²) in [6.07, 6.45) is 0. The molecule has 0 amide bonds. The molecule has 1 aromatic carbocycles. The van der Waals surface area contributed by atoms with Crippen LogP contribution in [0.25, 0.3) is 11.0 Å². The van der Waals surface area contributed by atoms with Crippen LogP contribution in [-0.4, -0.2) is 13.7 Å². The first-order valence-corrected chi connectivity index (χ1v) is 5.11. The van der Waals surface area contributed by atoms with Gasteiger partial charge in [-0.1, -0.05) is 18.2 Å². The number of fused-ring (bicyclic) bond motifs is 1. The molecule has 14 heavy (non-hydrogen) atoms. The third kappa shape index (κ3) is 1.39. The molecule has 2 rings (SSSR count). The molecule has 6 heteroatoms. The minimum absolute atomic E-state index is 0.416. The summed E-state index contributed by atoms with van der Waals surface area (Å²) in [7, 11) is -4.17. The molecule has 74 valence electrons. The third-order valence-corrected chi connectivity index (χ3v) is 2.64. The maximum atomic E-state index is 11.0. The van der Waals surface area contributed by atoms with Crippen molar-refractivity contribution < 1.29 is 22.4 Å². The fraction of sp³-hybridized carbons (Fsp3) is 0. The summed E-state index contributed by atoms with van der Waals surface area (Å²) in [5, 5.41) is 8.34. The predicted molar refractivity (Wildman–Crippen MR) is 47.1 cm³/mol. The Morgan fingerprint density at radius 1 is 1.29 bits per heavy atom. The first-order chi connectivity index (χ1) is 6.63. The monoisotopic (exact) mass is 214 g/mol. The second-order valence-corrected chi connectivity index (χ2v) is 4.09. The van der Waals surface area contributed by atoms with Crippen molar-refractivity contribution >= 4 is 21.1 Å². The molecule has 2 aromatic rings. The third-order valence-electron chi connectivity index (χ3n) is 1.75. The van der Waals surface area contributed by atoms with Gasteiger partial charge in [-0.2, -0.15) is 8.42 Å². The van der Waals surface area contributed by atoms with Gasteiger partial charge in [0.15, 0.2) is 0 Å². The van der Waals surface area contributed by atoms with Gasteiger partial charge in [-0.15, -0.1) is 4.33 Å². The molecule has 0 atom stereocenters. The lowest BCUT2D eigenvalue weighted by molar-refractivity contribution is -0.131. The van der Waals surface area contributed by atoms with E-state index in [-0.39, 0.29) is 0 Å². The molecule has 0 saturated heterocycles. The number of hydrogen-bond donors (Lipinski definition) is 1. The van der Waals surface area contributed by atoms with Crippen LogP contribution in [0.2, 0.25) is 0 Å². The summed E-state index contributed by atoms with van der Waals surface area (Å²) in [6, 6.07) is 8.04. The second-order valence-electron chi connectivity index (χ2n) is 2.63. The number of benzene rings is 1. The molecule has 0 unspecified atom stereocenters. The largest absolute Gasteiger partial charge is 0.442 e. The Balaban J connectivity index is 2.67. The molecule has 0 aliphatic heterocycles. The van der Waals surface area contributed by atoms with Crippen LogP contribution >= 0.6 is 0 Å². The maximum absolute atomic E-state index is 11.0. The lowest BCUT2D eigenvalue weighted by atomic mass is 10.3. The van der Waals surface area contributed by atoms with E-state index in [9.17, 15) is 8.42 Å². The van der Waals surface area contributed by atoms with Gasteiger partial charge in [-0.3, -0.25) is 0 Å². The van der Waals surface area contributed by atoms with Crippen LogP contribution in [0, 0.1) is 0 Å². The SMILES string of the molecule is O=S(=O)(OO)c1cc2ccccc2o1. The molecule has 0 bridgehead atoms. The van der Waals surface area contributed by atoms with Crippen molar-refractivity contribution in [3.05, 3.63) is 30.3 Å². The van der Waals surface area contributed by atoms with Crippen molar-refractivity contribution in [3.8, 4) is 0 Å². The number of furan rings is 1. The molecule has 0 fully saturated rings. The van der Waals surface area contributed by atoms with E-state index in [4.69, 9.17) is 9.67 Å². The van der Waals surface area contributed by atoms with Gasteiger partial charge in [0.1, 0.15) is 5.58 Å². The van der Waals surface area contributed by atoms with Gasteiger partial charge in [-0.05, 0) is 6.07 Å². The average Bonchev–Trinajstić information content (AvgIpc) is 2.61. The zero-order valence-electron chi connectivity index (χ0n) is 6.88. The summed E-state index contributed by atoms with van der Waals surface area (Å²) in [5.74, 6) is 0. The average molecular weight is 214 g/mol. The van der Waals surface area contributed by atoms with E-state index in [1.165, 1.54) is 6.07 Å². The van der Waals surface area contributed by atoms with Crippen molar-refractivity contribution in [2.24, 2.45) is 0 Å². The van der Waals surface area contributed by atoms with E-state index in [0.717, 1.165) is 0 Å². The minimum Gasteiger partial charge on any atom is -0.442 e. The number of hydrogen-bond acceptors (Lipinski definition) is 5. The summed E-state index contributed by atoms with van der Waals surface area (Å²) in [5.41, 5.74) is 0.420. The highest BCUT2D eigenvalue weighted by Gasteiger charge is 2.20. The highest BCUT2D eigenvalue weighted by Crippen LogP contribution is 2.22. The Morgan fingerprint density at radius 3 is 2.64 bits per heavy atom. The first-order valence-electron chi connectivity index (χ1n) is 3.70. The van der Waals surface area contributed by atoms with Crippen LogP contribution in [0.3, 0.4) is 0 Å². The van der Waals surface area contributed by atoms with E-state index >= 15 is 0 Å². The fourth-order valence-corrected chi connectivity index (χ4v) is 1.65. The Labute approximate surface area is 79.6 Å². The normalized spacial score (nSPS) is 12.1. The standard InChI is InChI=1S/C8H6O5S/c9-13-14(10,11)8-5-6-3-1-2-4-7(6)12-8/h1-5,9H. The van der Waals surface area contributed by atoms with Crippen LogP contribution < -0.4 is 0 Å². The molecule has 0 spiro atoms. The Morgan fingerprint density at radius 2 is 2.00 bits per heavy atom. The van der Waals surface area contributed by atoms with E-state index in [2.05, 4.69) is 4.33 Å². The fourth-order valence-electron chi connectivity index (χ4n) is 1.12. The minimum atomic E-state index is -4.17. The van der Waals surface area contributed by atoms with Crippen molar-refractivity contribution in [3.63, 3.8) is 0 Å². The molecule has 5 nitrogen and oxygen atoms in total. The molecule has 0 aliphatic carbocycles. The zero-order valence-corrected chi connectivity index (χ0v) is 7.69. The molecule has 1 aromatic heterocycles. The van der Waals surface area contributed by atoms with E-state index in [1.54, 1.807) is 24.3 Å². The van der Waals surface area contributed by atoms with Gasteiger partial charge >= 0.3 is 10.1 Å². The second kappa shape index (κ2) is 3.09. The van der Waals surface area contributed by atoms with Gasteiger partial charge in [0.2, 0.25) is 5.09 Å². The van der Waals surface area contributed by atoms with Crippen LogP contribution in [-0.2, 0) is 14.5 Å². The van der Waals surface area contributed by atoms with Crippen LogP contribution in [0.5, 0.6) is 0 Å². The van der Waals surface area contributed by atoms with Crippen molar-refractivity contribution in [1.82, 2.24) is 0 Å². The summed E-state index contributed by atoms with van der Waals surface area (Å²) < 4.78 is 30.3. The molecule has 0 saturated carbocycles. The Hall–Kier alpha value is -1.37. The van der Waals surface area contributed by atoms with E-state index < -0.39 is 15.2 Å². The topological polar surface area (TPSA) is 76.7 Å². The molecule has 0 radical (unpaired) electrons. The molecule has 0 aliphatic rings. The highest BCUT2D eigenvalue weighted by atomic mass is 32.2. The Bertz CT molecular complexity index is 521. The summed E-state index contributed by atoms with van der Waals surface area (Å²) in [4.78, 5) is 0. The smallest absolute Gasteiger partial charge is 0.356 e. The number of rotatable bonds is 2. The lowest BCUT2D eigenvalue weighted by Gasteiger charge is -1.91. The van der Waals surface area contributed by atoms with Gasteiger partial charge < -0.3 is 4.42 Å². The Kier molecular flexibility index (Phi) is 2.03. The van der Waals surface area contributed by atoms with E-state index in [1.807, 2.05) is 0 Å². The van der Waals surface area contributed by atoms with Crippen LogP contribution in [0.15, 0.2) is 39.8 Å². The van der Waals surface area contributed by atoms with Crippen molar-refractivity contribution in [1.29, 1.82) is 0 Å². The van der Waals surface area contributed by atoms with Crippen LogP contribution in [0.1, 0.15) is 0 Å². The molecular weight excluding hydrogens is 208 g/mol. The molecule has 1 N–H and O–H groups in total. The van der Waals surface area contributed by atoms with Crippen LogP contribution in [0.4, 0.5) is 0 Å². The first kappa shape index (κ1) is 9.20.